The molecule has 3 heterocycles. The molecule has 2 aromatic heterocycles. The molecule has 2 N–H and O–H groups in total. The van der Waals surface area contributed by atoms with Gasteiger partial charge in [-0.05, 0) is 36.1 Å². The number of hydrogen-bond donors (Lipinski definition) is 1. The van der Waals surface area contributed by atoms with Gasteiger partial charge in [-0.2, -0.15) is 0 Å². The van der Waals surface area contributed by atoms with Crippen molar-refractivity contribution >= 4 is 41.5 Å². The molecule has 0 atom stereocenters. The van der Waals surface area contributed by atoms with Crippen LogP contribution in [-0.4, -0.2) is 23.1 Å². The fraction of sp³-hybridized carbons (Fsp3) is 0.200. The molecule has 6 heteroatoms. The van der Waals surface area contributed by atoms with Crippen LogP contribution >= 0.6 is 24.8 Å². The van der Waals surface area contributed by atoms with Crippen molar-refractivity contribution in [2.75, 3.05) is 18.0 Å². The highest BCUT2D eigenvalue weighted by Gasteiger charge is 2.19. The van der Waals surface area contributed by atoms with Crippen molar-refractivity contribution in [3.05, 3.63) is 78.5 Å². The Balaban J connectivity index is 0.00000136. The van der Waals surface area contributed by atoms with Gasteiger partial charge in [-0.3, -0.25) is 0 Å². The van der Waals surface area contributed by atoms with Gasteiger partial charge in [0.2, 0.25) is 0 Å². The van der Waals surface area contributed by atoms with E-state index >= 15 is 0 Å². The normalized spacial score (nSPS) is 13.0. The Bertz CT molecular complexity index is 1140. The average Bonchev–Trinajstić information content (AvgIpc) is 3.33. The summed E-state index contributed by atoms with van der Waals surface area (Å²) in [5.74, 6) is 1.05. The van der Waals surface area contributed by atoms with Gasteiger partial charge in [-0.1, -0.05) is 54.6 Å². The lowest BCUT2D eigenvalue weighted by Gasteiger charge is -2.19. The second-order valence-electron chi connectivity index (χ2n) is 7.55. The topological polar surface area (TPSA) is 55.0 Å². The monoisotopic (exact) mass is 452 g/mol. The summed E-state index contributed by atoms with van der Waals surface area (Å²) in [6, 6.07) is 23.2. The van der Waals surface area contributed by atoms with Crippen LogP contribution in [0.4, 0.5) is 5.82 Å². The number of aromatic nitrogens is 2. The highest BCUT2D eigenvalue weighted by Crippen LogP contribution is 2.36. The molecule has 0 saturated carbocycles. The van der Waals surface area contributed by atoms with Crippen molar-refractivity contribution in [2.45, 2.75) is 19.4 Å². The summed E-state index contributed by atoms with van der Waals surface area (Å²) in [6.45, 7) is 2.67. The lowest BCUT2D eigenvalue weighted by Crippen LogP contribution is -2.19. The predicted octanol–water partition coefficient (Wildman–Crippen LogP) is 5.87. The molecule has 0 spiro atoms. The fourth-order valence-corrected chi connectivity index (χ4v) is 4.12. The first kappa shape index (κ1) is 23.0. The van der Waals surface area contributed by atoms with Crippen LogP contribution < -0.4 is 10.6 Å². The zero-order chi connectivity index (χ0) is 19.6. The van der Waals surface area contributed by atoms with Gasteiger partial charge in [0.15, 0.2) is 0 Å². The Morgan fingerprint density at radius 3 is 2.23 bits per heavy atom. The first-order valence-corrected chi connectivity index (χ1v) is 10.2. The van der Waals surface area contributed by atoms with E-state index in [9.17, 15) is 0 Å². The molecule has 0 amide bonds. The first-order chi connectivity index (χ1) is 14.3. The van der Waals surface area contributed by atoms with Gasteiger partial charge in [0.25, 0.3) is 0 Å². The Morgan fingerprint density at radius 1 is 0.839 bits per heavy atom. The molecule has 4 nitrogen and oxygen atoms in total. The van der Waals surface area contributed by atoms with Gasteiger partial charge in [0.1, 0.15) is 5.82 Å². The smallest absolute Gasteiger partial charge is 0.138 e. The van der Waals surface area contributed by atoms with E-state index in [1.54, 1.807) is 0 Å². The van der Waals surface area contributed by atoms with E-state index < -0.39 is 0 Å². The van der Waals surface area contributed by atoms with E-state index in [0.29, 0.717) is 6.54 Å². The molecule has 5 rings (SSSR count). The molecule has 1 aliphatic rings. The second kappa shape index (κ2) is 10.1. The van der Waals surface area contributed by atoms with Crippen LogP contribution in [0.15, 0.2) is 72.9 Å². The number of hydrogen-bond acceptors (Lipinski definition) is 4. The van der Waals surface area contributed by atoms with E-state index in [-0.39, 0.29) is 24.8 Å². The highest BCUT2D eigenvalue weighted by atomic mass is 35.5. The summed E-state index contributed by atoms with van der Waals surface area (Å²) >= 11 is 0. The highest BCUT2D eigenvalue weighted by molar-refractivity contribution is 5.97. The maximum absolute atomic E-state index is 5.78. The number of halogens is 2. The molecule has 0 bridgehead atoms. The van der Waals surface area contributed by atoms with E-state index in [1.807, 2.05) is 18.3 Å². The minimum atomic E-state index is 0. The summed E-state index contributed by atoms with van der Waals surface area (Å²) in [5.41, 5.74) is 12.3. The van der Waals surface area contributed by atoms with Gasteiger partial charge in [0, 0.05) is 42.3 Å². The molecule has 0 unspecified atom stereocenters. The quantitative estimate of drug-likeness (QED) is 0.420. The Morgan fingerprint density at radius 2 is 1.55 bits per heavy atom. The Hall–Kier alpha value is -2.66. The largest absolute Gasteiger partial charge is 0.356 e. The van der Waals surface area contributed by atoms with E-state index in [1.165, 1.54) is 12.8 Å². The van der Waals surface area contributed by atoms with E-state index in [0.717, 1.165) is 57.8 Å². The molecule has 160 valence electrons. The van der Waals surface area contributed by atoms with Crippen molar-refractivity contribution in [3.8, 4) is 22.4 Å². The van der Waals surface area contributed by atoms with Crippen molar-refractivity contribution < 1.29 is 0 Å². The van der Waals surface area contributed by atoms with Crippen molar-refractivity contribution in [2.24, 2.45) is 5.73 Å². The molecule has 0 aliphatic carbocycles. The Kier molecular flexibility index (Phi) is 7.50. The number of pyridine rings is 2. The third-order valence-electron chi connectivity index (χ3n) is 5.68. The summed E-state index contributed by atoms with van der Waals surface area (Å²) in [5, 5.41) is 1.12. The van der Waals surface area contributed by atoms with E-state index in [2.05, 4.69) is 59.5 Å². The molecule has 1 fully saturated rings. The number of nitrogens with zero attached hydrogens (tertiary/aromatic N) is 3. The van der Waals surface area contributed by atoms with Crippen molar-refractivity contribution in [3.63, 3.8) is 0 Å². The van der Waals surface area contributed by atoms with Crippen molar-refractivity contribution in [1.82, 2.24) is 9.97 Å². The molecule has 4 aromatic rings. The molecular weight excluding hydrogens is 427 g/mol. The molecule has 1 saturated heterocycles. The summed E-state index contributed by atoms with van der Waals surface area (Å²) in [6.07, 6.45) is 4.33. The molecule has 1 aliphatic heterocycles. The van der Waals surface area contributed by atoms with Crippen LogP contribution in [0.2, 0.25) is 0 Å². The zero-order valence-corrected chi connectivity index (χ0v) is 18.8. The first-order valence-electron chi connectivity index (χ1n) is 10.2. The molecular formula is C25H26Cl2N4. The van der Waals surface area contributed by atoms with Crippen molar-refractivity contribution in [1.29, 1.82) is 0 Å². The minimum Gasteiger partial charge on any atom is -0.356 e. The summed E-state index contributed by atoms with van der Waals surface area (Å²) in [4.78, 5) is 12.2. The summed E-state index contributed by atoms with van der Waals surface area (Å²) in [7, 11) is 0. The Labute approximate surface area is 195 Å². The van der Waals surface area contributed by atoms with Crippen LogP contribution in [0.25, 0.3) is 33.3 Å². The maximum Gasteiger partial charge on any atom is 0.138 e. The van der Waals surface area contributed by atoms with E-state index in [4.69, 9.17) is 15.7 Å². The van der Waals surface area contributed by atoms with Crippen LogP contribution in [-0.2, 0) is 6.54 Å². The number of benzene rings is 2. The average molecular weight is 453 g/mol. The third kappa shape index (κ3) is 4.52. The number of anilines is 1. The molecule has 0 radical (unpaired) electrons. The number of fused-ring (bicyclic) bond motifs is 1. The molecule has 31 heavy (non-hydrogen) atoms. The van der Waals surface area contributed by atoms with Crippen LogP contribution in [0, 0.1) is 0 Å². The van der Waals surface area contributed by atoms with Gasteiger partial charge < -0.3 is 10.6 Å². The lowest BCUT2D eigenvalue weighted by atomic mass is 9.97. The van der Waals surface area contributed by atoms with Gasteiger partial charge >= 0.3 is 0 Å². The van der Waals surface area contributed by atoms with Crippen LogP contribution in [0.1, 0.15) is 18.4 Å². The van der Waals surface area contributed by atoms with Crippen LogP contribution in [0.5, 0.6) is 0 Å². The van der Waals surface area contributed by atoms with Crippen LogP contribution in [0.3, 0.4) is 0 Å². The fourth-order valence-electron chi connectivity index (χ4n) is 4.12. The third-order valence-corrected chi connectivity index (χ3v) is 5.68. The van der Waals surface area contributed by atoms with Gasteiger partial charge in [-0.25, -0.2) is 9.97 Å². The maximum atomic E-state index is 5.78. The number of rotatable bonds is 4. The molecule has 2 aromatic carbocycles. The predicted molar refractivity (Wildman–Crippen MR) is 134 cm³/mol. The van der Waals surface area contributed by atoms with Gasteiger partial charge in [0.05, 0.1) is 11.2 Å². The SMILES string of the molecule is Cl.Cl.NCc1ccc(-c2nc3ccnc(N4CCCC4)c3cc2-c2ccccc2)cc1. The second-order valence-corrected chi connectivity index (χ2v) is 7.55. The van der Waals surface area contributed by atoms with Gasteiger partial charge in [-0.15, -0.1) is 24.8 Å². The summed E-state index contributed by atoms with van der Waals surface area (Å²) < 4.78 is 0. The zero-order valence-electron chi connectivity index (χ0n) is 17.2. The number of nitrogens with two attached hydrogens (primary N) is 1. The lowest BCUT2D eigenvalue weighted by molar-refractivity contribution is 0.945. The standard InChI is InChI=1S/C25H24N4.2ClH/c26-17-18-8-10-20(11-9-18)24-21(19-6-2-1-3-7-19)16-22-23(28-24)12-13-27-25(22)29-14-4-5-15-29;;/h1-3,6-13,16H,4-5,14-15,17,26H2;2*1H. The minimum absolute atomic E-state index is 0.